The van der Waals surface area contributed by atoms with Crippen molar-refractivity contribution in [3.63, 3.8) is 0 Å². The van der Waals surface area contributed by atoms with E-state index < -0.39 is 11.4 Å². The van der Waals surface area contributed by atoms with E-state index in [4.69, 9.17) is 14.2 Å². The van der Waals surface area contributed by atoms with E-state index >= 15 is 0 Å². The van der Waals surface area contributed by atoms with Crippen LogP contribution >= 0.6 is 0 Å². The van der Waals surface area contributed by atoms with Crippen LogP contribution < -0.4 is 0 Å². The van der Waals surface area contributed by atoms with Gasteiger partial charge < -0.3 is 19.3 Å². The van der Waals surface area contributed by atoms with E-state index in [1.165, 1.54) is 0 Å². The molecule has 2 aliphatic rings. The highest BCUT2D eigenvalue weighted by Crippen LogP contribution is 2.46. The molecule has 0 spiro atoms. The standard InChI is InChI=1S/C14H26O4/c1-12(2,3)16-8-9-7-14(6,15)11-10(9)17-13(4,5)18-11/h9-11,15H,7-8H2,1-6H3/t9-,10-,11-,14?/m1/s1. The van der Waals surface area contributed by atoms with Gasteiger partial charge in [0.15, 0.2) is 5.79 Å². The van der Waals surface area contributed by atoms with E-state index in [1.807, 2.05) is 41.5 Å². The van der Waals surface area contributed by atoms with Crippen molar-refractivity contribution in [2.24, 2.45) is 5.92 Å². The molecule has 2 rings (SSSR count). The average molecular weight is 258 g/mol. The zero-order chi connectivity index (χ0) is 13.8. The van der Waals surface area contributed by atoms with Crippen LogP contribution in [0.2, 0.25) is 0 Å². The first-order valence-electron chi connectivity index (χ1n) is 6.72. The van der Waals surface area contributed by atoms with Crippen LogP contribution in [0, 0.1) is 5.92 Å². The summed E-state index contributed by atoms with van der Waals surface area (Å²) >= 11 is 0. The van der Waals surface area contributed by atoms with Crippen molar-refractivity contribution in [1.29, 1.82) is 0 Å². The highest BCUT2D eigenvalue weighted by atomic mass is 16.8. The Kier molecular flexibility index (Phi) is 3.30. The first-order chi connectivity index (χ1) is 8.00. The molecule has 1 N–H and O–H groups in total. The summed E-state index contributed by atoms with van der Waals surface area (Å²) in [7, 11) is 0. The van der Waals surface area contributed by atoms with Crippen molar-refractivity contribution in [1.82, 2.24) is 0 Å². The molecule has 1 heterocycles. The molecule has 0 radical (unpaired) electrons. The van der Waals surface area contributed by atoms with Crippen molar-refractivity contribution >= 4 is 0 Å². The van der Waals surface area contributed by atoms with Crippen molar-refractivity contribution in [2.45, 2.75) is 77.2 Å². The molecular formula is C14H26O4. The summed E-state index contributed by atoms with van der Waals surface area (Å²) in [6.45, 7) is 12.3. The van der Waals surface area contributed by atoms with E-state index in [2.05, 4.69) is 0 Å². The van der Waals surface area contributed by atoms with E-state index in [0.717, 1.165) is 0 Å². The fourth-order valence-electron chi connectivity index (χ4n) is 2.89. The lowest BCUT2D eigenvalue weighted by molar-refractivity contribution is -0.183. The molecule has 106 valence electrons. The second-order valence-corrected chi connectivity index (χ2v) is 7.27. The number of ether oxygens (including phenoxy) is 3. The van der Waals surface area contributed by atoms with Crippen LogP contribution in [-0.4, -0.2) is 40.9 Å². The molecule has 2 fully saturated rings. The van der Waals surface area contributed by atoms with Crippen LogP contribution in [0.5, 0.6) is 0 Å². The van der Waals surface area contributed by atoms with E-state index in [1.54, 1.807) is 0 Å². The second kappa shape index (κ2) is 4.17. The van der Waals surface area contributed by atoms with Gasteiger partial charge in [-0.2, -0.15) is 0 Å². The molecule has 1 unspecified atom stereocenters. The number of hydrogen-bond donors (Lipinski definition) is 1. The second-order valence-electron chi connectivity index (χ2n) is 7.27. The van der Waals surface area contributed by atoms with Gasteiger partial charge in [0.05, 0.1) is 23.9 Å². The van der Waals surface area contributed by atoms with Crippen LogP contribution in [-0.2, 0) is 14.2 Å². The van der Waals surface area contributed by atoms with Crippen LogP contribution in [0.25, 0.3) is 0 Å². The number of hydrogen-bond acceptors (Lipinski definition) is 4. The predicted octanol–water partition coefficient (Wildman–Crippen LogP) is 2.09. The maximum Gasteiger partial charge on any atom is 0.163 e. The lowest BCUT2D eigenvalue weighted by atomic mass is 10.0. The minimum atomic E-state index is -0.829. The predicted molar refractivity (Wildman–Crippen MR) is 68.3 cm³/mol. The molecule has 1 aliphatic carbocycles. The van der Waals surface area contributed by atoms with Gasteiger partial charge in [-0.25, -0.2) is 0 Å². The molecule has 1 saturated carbocycles. The monoisotopic (exact) mass is 258 g/mol. The van der Waals surface area contributed by atoms with Gasteiger partial charge in [0, 0.05) is 5.92 Å². The molecule has 1 aliphatic heterocycles. The van der Waals surface area contributed by atoms with Gasteiger partial charge in [-0.1, -0.05) is 0 Å². The topological polar surface area (TPSA) is 47.9 Å². The summed E-state index contributed by atoms with van der Waals surface area (Å²) in [5.41, 5.74) is -0.997. The number of fused-ring (bicyclic) bond motifs is 1. The van der Waals surface area contributed by atoms with Gasteiger partial charge in [0.1, 0.15) is 6.10 Å². The Morgan fingerprint density at radius 2 is 1.83 bits per heavy atom. The summed E-state index contributed by atoms with van der Waals surface area (Å²) in [5, 5.41) is 10.4. The van der Waals surface area contributed by atoms with Crippen LogP contribution in [0.15, 0.2) is 0 Å². The Bertz CT molecular complexity index is 316. The molecule has 4 atom stereocenters. The van der Waals surface area contributed by atoms with Gasteiger partial charge in [-0.15, -0.1) is 0 Å². The molecule has 0 aromatic heterocycles. The summed E-state index contributed by atoms with van der Waals surface area (Å²) in [4.78, 5) is 0. The fraction of sp³-hybridized carbons (Fsp3) is 1.00. The Morgan fingerprint density at radius 3 is 2.39 bits per heavy atom. The molecule has 0 bridgehead atoms. The summed E-state index contributed by atoms with van der Waals surface area (Å²) in [6, 6.07) is 0. The smallest absolute Gasteiger partial charge is 0.163 e. The van der Waals surface area contributed by atoms with Crippen molar-refractivity contribution in [2.75, 3.05) is 6.61 Å². The lowest BCUT2D eigenvalue weighted by Crippen LogP contribution is -2.38. The van der Waals surface area contributed by atoms with Gasteiger partial charge in [-0.3, -0.25) is 0 Å². The van der Waals surface area contributed by atoms with Gasteiger partial charge >= 0.3 is 0 Å². The molecule has 4 nitrogen and oxygen atoms in total. The zero-order valence-electron chi connectivity index (χ0n) is 12.3. The quantitative estimate of drug-likeness (QED) is 0.824. The Labute approximate surface area is 110 Å². The maximum absolute atomic E-state index is 10.4. The summed E-state index contributed by atoms with van der Waals surface area (Å²) < 4.78 is 17.6. The molecule has 0 amide bonds. The van der Waals surface area contributed by atoms with E-state index in [9.17, 15) is 5.11 Å². The lowest BCUT2D eigenvalue weighted by Gasteiger charge is -2.28. The van der Waals surface area contributed by atoms with Gasteiger partial charge in [-0.05, 0) is 48.0 Å². The zero-order valence-corrected chi connectivity index (χ0v) is 12.3. The highest BCUT2D eigenvalue weighted by Gasteiger charge is 2.58. The first kappa shape index (κ1) is 14.3. The summed E-state index contributed by atoms with van der Waals surface area (Å²) in [5.74, 6) is -0.425. The van der Waals surface area contributed by atoms with Gasteiger partial charge in [0.25, 0.3) is 0 Å². The molecule has 0 aromatic rings. The first-order valence-corrected chi connectivity index (χ1v) is 6.72. The van der Waals surface area contributed by atoms with Crippen molar-refractivity contribution in [3.8, 4) is 0 Å². The van der Waals surface area contributed by atoms with Crippen LogP contribution in [0.4, 0.5) is 0 Å². The Morgan fingerprint density at radius 1 is 1.22 bits per heavy atom. The third-order valence-corrected chi connectivity index (χ3v) is 3.61. The van der Waals surface area contributed by atoms with E-state index in [0.29, 0.717) is 13.0 Å². The Hall–Kier alpha value is -0.160. The minimum Gasteiger partial charge on any atom is -0.387 e. The molecule has 0 aromatic carbocycles. The van der Waals surface area contributed by atoms with Crippen LogP contribution in [0.3, 0.4) is 0 Å². The summed E-state index contributed by atoms with van der Waals surface area (Å²) in [6.07, 6.45) is 0.340. The third-order valence-electron chi connectivity index (χ3n) is 3.61. The Balaban J connectivity index is 2.05. The minimum absolute atomic E-state index is 0.0719. The van der Waals surface area contributed by atoms with Crippen LogP contribution in [0.1, 0.15) is 48.0 Å². The van der Waals surface area contributed by atoms with Crippen molar-refractivity contribution in [3.05, 3.63) is 0 Å². The SMILES string of the molecule is CC(C)(C)OC[C@H]1CC(C)(O)[C@@H]2OC(C)(C)O[C@H]12. The highest BCUT2D eigenvalue weighted by molar-refractivity contribution is 5.05. The van der Waals surface area contributed by atoms with E-state index in [-0.39, 0.29) is 23.7 Å². The molecule has 18 heavy (non-hydrogen) atoms. The fourth-order valence-corrected chi connectivity index (χ4v) is 2.89. The van der Waals surface area contributed by atoms with Gasteiger partial charge in [0.2, 0.25) is 0 Å². The molecule has 1 saturated heterocycles. The number of rotatable bonds is 2. The number of aliphatic hydroxyl groups is 1. The largest absolute Gasteiger partial charge is 0.387 e. The average Bonchev–Trinajstić information content (AvgIpc) is 2.57. The maximum atomic E-state index is 10.4. The molecule has 4 heteroatoms. The molecular weight excluding hydrogens is 232 g/mol. The third kappa shape index (κ3) is 2.87. The normalized spacial score (nSPS) is 43.2. The van der Waals surface area contributed by atoms with Crippen molar-refractivity contribution < 1.29 is 19.3 Å².